The monoisotopic (exact) mass is 326 g/mol. The van der Waals surface area contributed by atoms with Crippen LogP contribution in [0.1, 0.15) is 41.0 Å². The van der Waals surface area contributed by atoms with Gasteiger partial charge in [-0.25, -0.2) is 0 Å². The molecule has 2 heterocycles. The van der Waals surface area contributed by atoms with Crippen molar-refractivity contribution < 1.29 is 4.52 Å². The molecular weight excluding hydrogens is 300 g/mol. The van der Waals surface area contributed by atoms with E-state index < -0.39 is 0 Å². The summed E-state index contributed by atoms with van der Waals surface area (Å²) in [7, 11) is 1.85. The van der Waals surface area contributed by atoms with Gasteiger partial charge in [-0.15, -0.1) is 0 Å². The second-order valence-electron chi connectivity index (χ2n) is 6.51. The highest BCUT2D eigenvalue weighted by Gasteiger charge is 2.21. The maximum Gasteiger partial charge on any atom is 0.193 e. The molecule has 1 unspecified atom stereocenters. The van der Waals surface area contributed by atoms with Gasteiger partial charge in [0.15, 0.2) is 5.96 Å². The second-order valence-corrected chi connectivity index (χ2v) is 6.51. The average molecular weight is 326 g/mol. The summed E-state index contributed by atoms with van der Waals surface area (Å²) in [5, 5.41) is 7.57. The molecular formula is C19H26N4O. The van der Waals surface area contributed by atoms with Gasteiger partial charge in [0.1, 0.15) is 5.76 Å². The summed E-state index contributed by atoms with van der Waals surface area (Å²) in [6.45, 7) is 8.89. The number of hydrogen-bond donors (Lipinski definition) is 1. The second kappa shape index (κ2) is 7.07. The van der Waals surface area contributed by atoms with Gasteiger partial charge in [-0.1, -0.05) is 36.3 Å². The zero-order chi connectivity index (χ0) is 17.1. The zero-order valence-electron chi connectivity index (χ0n) is 15.0. The molecule has 24 heavy (non-hydrogen) atoms. The highest BCUT2D eigenvalue weighted by molar-refractivity contribution is 5.80. The number of nitrogens with one attached hydrogen (secondary N) is 1. The van der Waals surface area contributed by atoms with Crippen LogP contribution < -0.4 is 5.32 Å². The fourth-order valence-corrected chi connectivity index (χ4v) is 3.55. The number of benzene rings is 1. The van der Waals surface area contributed by atoms with Crippen LogP contribution in [-0.2, 0) is 13.0 Å². The van der Waals surface area contributed by atoms with Gasteiger partial charge < -0.3 is 14.7 Å². The van der Waals surface area contributed by atoms with E-state index in [-0.39, 0.29) is 0 Å². The van der Waals surface area contributed by atoms with E-state index in [4.69, 9.17) is 4.52 Å². The molecule has 1 atom stereocenters. The predicted molar refractivity (Wildman–Crippen MR) is 96.3 cm³/mol. The number of aromatic nitrogens is 1. The summed E-state index contributed by atoms with van der Waals surface area (Å²) >= 11 is 0. The number of fused-ring (bicyclic) bond motifs is 1. The van der Waals surface area contributed by atoms with Gasteiger partial charge in [-0.05, 0) is 31.4 Å². The molecule has 0 fully saturated rings. The lowest BCUT2D eigenvalue weighted by Gasteiger charge is -2.32. The van der Waals surface area contributed by atoms with E-state index in [2.05, 4.69) is 51.6 Å². The number of aliphatic imine (C=N–C) groups is 1. The van der Waals surface area contributed by atoms with Crippen molar-refractivity contribution in [2.75, 3.05) is 20.1 Å². The van der Waals surface area contributed by atoms with Gasteiger partial charge in [-0.2, -0.15) is 0 Å². The van der Waals surface area contributed by atoms with Gasteiger partial charge >= 0.3 is 0 Å². The minimum Gasteiger partial charge on any atom is -0.361 e. The summed E-state index contributed by atoms with van der Waals surface area (Å²) in [6, 6.07) is 8.66. The van der Waals surface area contributed by atoms with Crippen molar-refractivity contribution >= 4 is 5.96 Å². The van der Waals surface area contributed by atoms with Crippen LogP contribution >= 0.6 is 0 Å². The van der Waals surface area contributed by atoms with Crippen LogP contribution in [0.5, 0.6) is 0 Å². The Balaban J connectivity index is 1.64. The maximum atomic E-state index is 5.29. The topological polar surface area (TPSA) is 53.7 Å². The lowest BCUT2D eigenvalue weighted by Crippen LogP contribution is -2.45. The van der Waals surface area contributed by atoms with Crippen LogP contribution in [0.25, 0.3) is 0 Å². The minimum atomic E-state index is 0.324. The Hall–Kier alpha value is -2.30. The van der Waals surface area contributed by atoms with Gasteiger partial charge in [-0.3, -0.25) is 4.99 Å². The molecule has 1 aromatic carbocycles. The van der Waals surface area contributed by atoms with Crippen molar-refractivity contribution in [3.05, 3.63) is 52.4 Å². The number of nitrogens with zero attached hydrogens (tertiary/aromatic N) is 3. The Labute approximate surface area is 143 Å². The first kappa shape index (κ1) is 16.6. The molecule has 0 spiro atoms. The van der Waals surface area contributed by atoms with Gasteiger partial charge in [0.2, 0.25) is 0 Å². The Morgan fingerprint density at radius 1 is 1.33 bits per heavy atom. The summed E-state index contributed by atoms with van der Waals surface area (Å²) in [5.41, 5.74) is 5.02. The Bertz CT molecular complexity index is 715. The predicted octanol–water partition coefficient (Wildman–Crippen LogP) is 3.03. The van der Waals surface area contributed by atoms with E-state index in [9.17, 15) is 0 Å². The molecule has 1 aliphatic heterocycles. The van der Waals surface area contributed by atoms with Crippen LogP contribution in [0.4, 0.5) is 0 Å². The van der Waals surface area contributed by atoms with E-state index in [1.54, 1.807) is 0 Å². The molecule has 1 aromatic heterocycles. The molecule has 0 bridgehead atoms. The lowest BCUT2D eigenvalue weighted by molar-refractivity contribution is 0.377. The van der Waals surface area contributed by atoms with Crippen molar-refractivity contribution in [3.8, 4) is 0 Å². The molecule has 128 valence electrons. The third kappa shape index (κ3) is 3.30. The van der Waals surface area contributed by atoms with Gasteiger partial charge in [0.05, 0.1) is 5.69 Å². The maximum absolute atomic E-state index is 5.29. The van der Waals surface area contributed by atoms with Gasteiger partial charge in [0.25, 0.3) is 0 Å². The Kier molecular flexibility index (Phi) is 4.88. The quantitative estimate of drug-likeness (QED) is 0.696. The number of rotatable bonds is 3. The highest BCUT2D eigenvalue weighted by atomic mass is 16.5. The van der Waals surface area contributed by atoms with Crippen LogP contribution in [0.2, 0.25) is 0 Å². The summed E-state index contributed by atoms with van der Waals surface area (Å²) in [6.07, 6.45) is 1.07. The Morgan fingerprint density at radius 2 is 2.08 bits per heavy atom. The molecule has 0 saturated carbocycles. The lowest BCUT2D eigenvalue weighted by atomic mass is 9.99. The van der Waals surface area contributed by atoms with Crippen molar-refractivity contribution in [1.82, 2.24) is 15.4 Å². The van der Waals surface area contributed by atoms with E-state index in [1.165, 1.54) is 16.7 Å². The SMILES string of the molecule is CN=C(NCC(C)c1c(C)noc1C)N1CCc2ccccc2C1. The first-order valence-electron chi connectivity index (χ1n) is 8.55. The van der Waals surface area contributed by atoms with E-state index in [0.717, 1.165) is 43.5 Å². The first-order valence-corrected chi connectivity index (χ1v) is 8.55. The van der Waals surface area contributed by atoms with Gasteiger partial charge in [0, 0.05) is 38.2 Å². The van der Waals surface area contributed by atoms with Crippen LogP contribution in [0, 0.1) is 13.8 Å². The highest BCUT2D eigenvalue weighted by Crippen LogP contribution is 2.23. The van der Waals surface area contributed by atoms with E-state index >= 15 is 0 Å². The smallest absolute Gasteiger partial charge is 0.193 e. The summed E-state index contributed by atoms with van der Waals surface area (Å²) in [4.78, 5) is 6.80. The summed E-state index contributed by atoms with van der Waals surface area (Å²) in [5.74, 6) is 2.19. The molecule has 0 aliphatic carbocycles. The number of aryl methyl sites for hydroxylation is 2. The molecule has 0 radical (unpaired) electrons. The Morgan fingerprint density at radius 3 is 2.75 bits per heavy atom. The fourth-order valence-electron chi connectivity index (χ4n) is 3.55. The fraction of sp³-hybridized carbons (Fsp3) is 0.474. The molecule has 1 aliphatic rings. The first-order chi connectivity index (χ1) is 11.6. The standard InChI is InChI=1S/C19H26N4O/c1-13(18-14(2)22-24-15(18)3)11-21-19(20-4)23-10-9-16-7-5-6-8-17(16)12-23/h5-8,13H,9-12H2,1-4H3,(H,20,21). The minimum absolute atomic E-state index is 0.324. The molecule has 5 nitrogen and oxygen atoms in total. The molecule has 3 rings (SSSR count). The normalized spacial score (nSPS) is 16.0. The van der Waals surface area contributed by atoms with E-state index in [0.29, 0.717) is 5.92 Å². The van der Waals surface area contributed by atoms with Crippen LogP contribution in [0.15, 0.2) is 33.8 Å². The van der Waals surface area contributed by atoms with Crippen LogP contribution in [-0.4, -0.2) is 36.2 Å². The van der Waals surface area contributed by atoms with Crippen LogP contribution in [0.3, 0.4) is 0 Å². The number of hydrogen-bond acceptors (Lipinski definition) is 3. The molecule has 1 N–H and O–H groups in total. The van der Waals surface area contributed by atoms with Crippen molar-refractivity contribution in [2.24, 2.45) is 4.99 Å². The van der Waals surface area contributed by atoms with Crippen molar-refractivity contribution in [2.45, 2.75) is 39.7 Å². The van der Waals surface area contributed by atoms with Crippen molar-refractivity contribution in [3.63, 3.8) is 0 Å². The molecule has 0 amide bonds. The molecule has 0 saturated heterocycles. The largest absolute Gasteiger partial charge is 0.361 e. The zero-order valence-corrected chi connectivity index (χ0v) is 15.0. The molecule has 5 heteroatoms. The third-order valence-corrected chi connectivity index (χ3v) is 4.79. The van der Waals surface area contributed by atoms with Crippen molar-refractivity contribution in [1.29, 1.82) is 0 Å². The summed E-state index contributed by atoms with van der Waals surface area (Å²) < 4.78 is 5.29. The number of guanidine groups is 1. The van der Waals surface area contributed by atoms with E-state index in [1.807, 2.05) is 20.9 Å². The molecule has 2 aromatic rings. The average Bonchev–Trinajstić information content (AvgIpc) is 2.93. The third-order valence-electron chi connectivity index (χ3n) is 4.79.